The number of methoxy groups -OCH3 is 1. The Morgan fingerprint density at radius 2 is 1.02 bits per heavy atom. The average molecular weight is 1070 g/mol. The van der Waals surface area contributed by atoms with Gasteiger partial charge in [-0.05, 0) is 59.7 Å². The molecule has 0 radical (unpaired) electrons. The van der Waals surface area contributed by atoms with E-state index in [9.17, 15) is 16.8 Å². The van der Waals surface area contributed by atoms with Gasteiger partial charge in [0.2, 0.25) is 20.0 Å². The molecule has 2 fully saturated rings. The van der Waals surface area contributed by atoms with Crippen LogP contribution in [0.15, 0.2) is 122 Å². The van der Waals surface area contributed by atoms with Crippen LogP contribution < -0.4 is 14.5 Å². The molecule has 2 saturated heterocycles. The van der Waals surface area contributed by atoms with Gasteiger partial charge >= 0.3 is 0 Å². The lowest BCUT2D eigenvalue weighted by Gasteiger charge is -2.33. The minimum Gasteiger partial charge on any atom is -0.497 e. The van der Waals surface area contributed by atoms with Crippen LogP contribution in [0.25, 0.3) is 22.5 Å². The van der Waals surface area contributed by atoms with Gasteiger partial charge in [-0.15, -0.1) is 22.7 Å². The number of sulfonamides is 2. The number of halogens is 3. The smallest absolute Gasteiger partial charge is 0.243 e. The number of hydrogen-bond donors (Lipinski definition) is 0. The molecule has 0 spiro atoms. The van der Waals surface area contributed by atoms with E-state index in [1.165, 1.54) is 0 Å². The van der Waals surface area contributed by atoms with Crippen LogP contribution in [0.3, 0.4) is 0 Å². The quantitative estimate of drug-likeness (QED) is 0.117. The summed E-state index contributed by atoms with van der Waals surface area (Å²) >= 11 is 13.4. The Labute approximate surface area is 379 Å². The number of benzene rings is 4. The molecule has 0 aliphatic carbocycles. The summed E-state index contributed by atoms with van der Waals surface area (Å²) in [6.45, 7) is 4.28. The van der Waals surface area contributed by atoms with Crippen molar-refractivity contribution in [2.24, 2.45) is 0 Å². The highest BCUT2D eigenvalue weighted by atomic mass is 79.9. The SMILES string of the molecule is COc1cccc(-c2csc(N3CCN(S(=O)(=O)c4ccc(CBr)cc4)CC3)n2)c1.O=S(=O)(c1ccc(CBr)cc1)N1CCN(c2nc(-c3cccc(Br)c3)cs2)CC1. The van der Waals surface area contributed by atoms with E-state index in [4.69, 9.17) is 14.7 Å². The van der Waals surface area contributed by atoms with Crippen molar-refractivity contribution in [2.45, 2.75) is 20.5 Å². The second kappa shape index (κ2) is 19.7. The molecule has 0 atom stereocenters. The number of aromatic nitrogens is 2. The number of piperazine rings is 2. The molecule has 11 nitrogen and oxygen atoms in total. The Bertz CT molecular complexity index is 2560. The van der Waals surface area contributed by atoms with E-state index in [0.29, 0.717) is 72.8 Å². The van der Waals surface area contributed by atoms with Gasteiger partial charge in [-0.1, -0.05) is 96.3 Å². The minimum atomic E-state index is -3.48. The van der Waals surface area contributed by atoms with E-state index >= 15 is 0 Å². The molecule has 4 heterocycles. The molecule has 18 heteroatoms. The first-order valence-electron chi connectivity index (χ1n) is 18.6. The maximum absolute atomic E-state index is 13.0. The number of rotatable bonds is 11. The fraction of sp³-hybridized carbons (Fsp3) is 0.268. The molecule has 6 aromatic rings. The van der Waals surface area contributed by atoms with Crippen LogP contribution in [-0.4, -0.2) is 94.9 Å². The zero-order valence-electron chi connectivity index (χ0n) is 32.0. The Kier molecular flexibility index (Phi) is 14.6. The average Bonchev–Trinajstić information content (AvgIpc) is 3.99. The lowest BCUT2D eigenvalue weighted by Crippen LogP contribution is -2.48. The highest BCUT2D eigenvalue weighted by Gasteiger charge is 2.31. The molecule has 0 saturated carbocycles. The van der Waals surface area contributed by atoms with Gasteiger partial charge in [0.25, 0.3) is 0 Å². The second-order valence-electron chi connectivity index (χ2n) is 13.6. The summed E-state index contributed by atoms with van der Waals surface area (Å²) in [6, 6.07) is 30.0. The van der Waals surface area contributed by atoms with E-state index in [0.717, 1.165) is 54.1 Å². The van der Waals surface area contributed by atoms with Gasteiger partial charge in [0, 0.05) is 89.4 Å². The Balaban J connectivity index is 0.000000179. The number of anilines is 2. The van der Waals surface area contributed by atoms with Crippen molar-refractivity contribution in [3.8, 4) is 28.3 Å². The summed E-state index contributed by atoms with van der Waals surface area (Å²) in [5, 5.41) is 7.33. The summed E-state index contributed by atoms with van der Waals surface area (Å²) in [5.41, 5.74) is 6.01. The largest absolute Gasteiger partial charge is 0.497 e. The first-order valence-corrected chi connectivity index (χ1v) is 26.3. The molecule has 59 heavy (non-hydrogen) atoms. The van der Waals surface area contributed by atoms with Crippen LogP contribution in [0, 0.1) is 0 Å². The monoisotopic (exact) mass is 1060 g/mol. The van der Waals surface area contributed by atoms with Crippen molar-refractivity contribution in [2.75, 3.05) is 69.3 Å². The molecule has 8 rings (SSSR count). The number of nitrogens with zero attached hydrogens (tertiary/aromatic N) is 6. The van der Waals surface area contributed by atoms with Crippen molar-refractivity contribution >= 4 is 101 Å². The van der Waals surface area contributed by atoms with Gasteiger partial charge in [0.05, 0.1) is 28.3 Å². The standard InChI is InChI=1S/C21H22BrN3O3S2.C20H19Br2N3O2S2/c1-28-18-4-2-3-17(13-18)20-15-29-21(23-20)24-9-11-25(12-10-24)30(26,27)19-7-5-16(14-22)6-8-19;21-13-15-4-6-18(7-5-15)29(26,27)25-10-8-24(9-11-25)20-23-19(14-28-20)16-2-1-3-17(22)12-16/h2-8,13,15H,9-12,14H2,1H3;1-7,12,14H,8-11,13H2. The van der Waals surface area contributed by atoms with Crippen molar-refractivity contribution < 1.29 is 21.6 Å². The number of thiazole rings is 2. The highest BCUT2D eigenvalue weighted by Crippen LogP contribution is 2.32. The fourth-order valence-electron chi connectivity index (χ4n) is 6.55. The highest BCUT2D eigenvalue weighted by molar-refractivity contribution is 9.10. The van der Waals surface area contributed by atoms with Crippen LogP contribution in [-0.2, 0) is 30.7 Å². The van der Waals surface area contributed by atoms with Crippen LogP contribution >= 0.6 is 70.5 Å². The van der Waals surface area contributed by atoms with Crippen LogP contribution in [0.2, 0.25) is 0 Å². The summed E-state index contributed by atoms with van der Waals surface area (Å²) in [7, 11) is -5.30. The summed E-state index contributed by atoms with van der Waals surface area (Å²) in [4.78, 5) is 14.5. The molecular formula is C41H41Br3N6O5S4. The maximum atomic E-state index is 13.0. The van der Waals surface area contributed by atoms with Crippen molar-refractivity contribution in [1.82, 2.24) is 18.6 Å². The van der Waals surface area contributed by atoms with Crippen molar-refractivity contribution in [3.05, 3.63) is 123 Å². The lowest BCUT2D eigenvalue weighted by molar-refractivity contribution is 0.384. The third-order valence-corrected chi connectivity index (χ3v) is 17.3. The van der Waals surface area contributed by atoms with Gasteiger partial charge in [0.15, 0.2) is 10.3 Å². The lowest BCUT2D eigenvalue weighted by atomic mass is 10.2. The molecule has 310 valence electrons. The van der Waals surface area contributed by atoms with E-state index in [1.807, 2.05) is 83.6 Å². The number of ether oxygens (including phenoxy) is 1. The van der Waals surface area contributed by atoms with Crippen LogP contribution in [0.4, 0.5) is 10.3 Å². The third-order valence-electron chi connectivity index (χ3n) is 9.92. The summed E-state index contributed by atoms with van der Waals surface area (Å²) in [6.07, 6.45) is 0. The van der Waals surface area contributed by atoms with E-state index in [1.54, 1.807) is 62.7 Å². The number of alkyl halides is 2. The molecule has 0 unspecified atom stereocenters. The van der Waals surface area contributed by atoms with Crippen molar-refractivity contribution in [3.63, 3.8) is 0 Å². The predicted molar refractivity (Wildman–Crippen MR) is 249 cm³/mol. The Morgan fingerprint density at radius 3 is 1.42 bits per heavy atom. The zero-order valence-corrected chi connectivity index (χ0v) is 40.0. The molecule has 4 aromatic carbocycles. The van der Waals surface area contributed by atoms with Gasteiger partial charge in [-0.25, -0.2) is 26.8 Å². The predicted octanol–water partition coefficient (Wildman–Crippen LogP) is 9.20. The maximum Gasteiger partial charge on any atom is 0.243 e. The zero-order chi connectivity index (χ0) is 41.6. The Hall–Kier alpha value is -3.20. The Morgan fingerprint density at radius 1 is 0.593 bits per heavy atom. The molecule has 2 aromatic heterocycles. The van der Waals surface area contributed by atoms with Gasteiger partial charge in [-0.3, -0.25) is 0 Å². The molecule has 2 aliphatic heterocycles. The van der Waals surface area contributed by atoms with Crippen LogP contribution in [0.1, 0.15) is 11.1 Å². The van der Waals surface area contributed by atoms with E-state index in [2.05, 4.69) is 57.6 Å². The third kappa shape index (κ3) is 10.5. The molecule has 0 amide bonds. The number of hydrogen-bond acceptors (Lipinski definition) is 11. The van der Waals surface area contributed by atoms with Crippen molar-refractivity contribution in [1.29, 1.82) is 0 Å². The molecule has 0 bridgehead atoms. The minimum absolute atomic E-state index is 0.343. The fourth-order valence-corrected chi connectivity index (χ4v) is 12.3. The van der Waals surface area contributed by atoms with E-state index in [-0.39, 0.29) is 0 Å². The van der Waals surface area contributed by atoms with E-state index < -0.39 is 20.0 Å². The molecule has 2 aliphatic rings. The topological polar surface area (TPSA) is 116 Å². The van der Waals surface area contributed by atoms with Gasteiger partial charge in [-0.2, -0.15) is 8.61 Å². The van der Waals surface area contributed by atoms with Gasteiger partial charge in [0.1, 0.15) is 5.75 Å². The first-order chi connectivity index (χ1) is 28.5. The second-order valence-corrected chi connectivity index (χ2v) is 21.2. The van der Waals surface area contributed by atoms with Gasteiger partial charge < -0.3 is 14.5 Å². The van der Waals surface area contributed by atoms with Crippen LogP contribution in [0.5, 0.6) is 5.75 Å². The molecular weight excluding hydrogens is 1020 g/mol. The molecule has 0 N–H and O–H groups in total. The summed E-state index contributed by atoms with van der Waals surface area (Å²) < 4.78 is 61.2. The first kappa shape index (κ1) is 43.9. The normalized spacial score (nSPS) is 15.5. The summed E-state index contributed by atoms with van der Waals surface area (Å²) in [5.74, 6) is 0.796.